The van der Waals surface area contributed by atoms with Crippen LogP contribution in [0.1, 0.15) is 58.0 Å². The second-order valence-corrected chi connectivity index (χ2v) is 7.77. The van der Waals surface area contributed by atoms with Crippen molar-refractivity contribution in [3.63, 3.8) is 0 Å². The molecule has 0 bridgehead atoms. The van der Waals surface area contributed by atoms with E-state index in [-0.39, 0.29) is 41.5 Å². The molecule has 0 radical (unpaired) electrons. The lowest BCUT2D eigenvalue weighted by atomic mass is 10.1. The minimum Gasteiger partial charge on any atom is -0.503 e. The molecular weight excluding hydrogens is 429 g/mol. The number of carbonyl (C=O) groups is 2. The van der Waals surface area contributed by atoms with Gasteiger partial charge in [-0.1, -0.05) is 30.7 Å². The second kappa shape index (κ2) is 9.07. The fourth-order valence-corrected chi connectivity index (χ4v) is 3.89. The van der Waals surface area contributed by atoms with Crippen LogP contribution in [-0.4, -0.2) is 45.1 Å². The highest BCUT2D eigenvalue weighted by Gasteiger charge is 2.36. The molecule has 3 N–H and O–H groups in total. The van der Waals surface area contributed by atoms with E-state index in [0.717, 1.165) is 0 Å². The molecule has 1 atom stereocenters. The van der Waals surface area contributed by atoms with E-state index in [4.69, 9.17) is 11.6 Å². The van der Waals surface area contributed by atoms with Crippen molar-refractivity contribution in [3.05, 3.63) is 61.8 Å². The molecule has 8 nitrogen and oxygen atoms in total. The zero-order valence-corrected chi connectivity index (χ0v) is 17.9. The predicted molar refractivity (Wildman–Crippen MR) is 112 cm³/mol. The molecule has 0 fully saturated rings. The zero-order valence-electron chi connectivity index (χ0n) is 17.1. The van der Waals surface area contributed by atoms with Gasteiger partial charge >= 0.3 is 0 Å². The summed E-state index contributed by atoms with van der Waals surface area (Å²) in [5.74, 6) is -3.04. The van der Waals surface area contributed by atoms with Gasteiger partial charge in [0.25, 0.3) is 11.8 Å². The van der Waals surface area contributed by atoms with Crippen LogP contribution < -0.4 is 10.7 Å². The van der Waals surface area contributed by atoms with Gasteiger partial charge in [-0.3, -0.25) is 14.4 Å². The van der Waals surface area contributed by atoms with Gasteiger partial charge in [-0.15, -0.1) is 0 Å². The highest BCUT2D eigenvalue weighted by atomic mass is 35.5. The van der Waals surface area contributed by atoms with E-state index in [2.05, 4.69) is 5.32 Å². The Morgan fingerprint density at radius 1 is 1.39 bits per heavy atom. The maximum absolute atomic E-state index is 14.1. The molecule has 31 heavy (non-hydrogen) atoms. The van der Waals surface area contributed by atoms with Crippen LogP contribution in [-0.2, 0) is 13.1 Å². The topological polar surface area (TPSA) is 112 Å². The van der Waals surface area contributed by atoms with Crippen molar-refractivity contribution in [2.75, 3.05) is 13.6 Å². The average Bonchev–Trinajstić information content (AvgIpc) is 3.10. The first-order valence-corrected chi connectivity index (χ1v) is 10.2. The van der Waals surface area contributed by atoms with Crippen molar-refractivity contribution in [1.29, 1.82) is 0 Å². The third-order valence-corrected chi connectivity index (χ3v) is 5.52. The number of benzene rings is 1. The van der Waals surface area contributed by atoms with Crippen LogP contribution in [0.25, 0.3) is 0 Å². The summed E-state index contributed by atoms with van der Waals surface area (Å²) in [6, 6.07) is 4.31. The van der Waals surface area contributed by atoms with Crippen molar-refractivity contribution in [3.8, 4) is 5.75 Å². The number of nitrogens with one attached hydrogen (secondary N) is 1. The van der Waals surface area contributed by atoms with E-state index >= 15 is 0 Å². The first-order valence-electron chi connectivity index (χ1n) is 9.83. The van der Waals surface area contributed by atoms with Gasteiger partial charge in [0.2, 0.25) is 5.43 Å². The van der Waals surface area contributed by atoms with E-state index in [1.54, 1.807) is 0 Å². The molecule has 3 rings (SSSR count). The summed E-state index contributed by atoms with van der Waals surface area (Å²) in [6.07, 6.45) is -0.326. The van der Waals surface area contributed by atoms with Crippen LogP contribution in [0.15, 0.2) is 23.0 Å². The van der Waals surface area contributed by atoms with Gasteiger partial charge in [-0.25, -0.2) is 4.39 Å². The number of hydrogen-bond acceptors (Lipinski definition) is 5. The number of nitrogens with zero attached hydrogens (tertiary/aromatic N) is 2. The quantitative estimate of drug-likeness (QED) is 0.623. The van der Waals surface area contributed by atoms with Gasteiger partial charge in [-0.2, -0.15) is 0 Å². The van der Waals surface area contributed by atoms with Gasteiger partial charge in [0, 0.05) is 32.2 Å². The predicted octanol–water partition coefficient (Wildman–Crippen LogP) is 2.20. The highest BCUT2D eigenvalue weighted by molar-refractivity contribution is 6.30. The van der Waals surface area contributed by atoms with Crippen molar-refractivity contribution in [2.45, 2.75) is 39.0 Å². The number of carbonyl (C=O) groups excluding carboxylic acids is 2. The molecule has 0 saturated heterocycles. The van der Waals surface area contributed by atoms with Crippen LogP contribution in [0, 0.1) is 5.82 Å². The molecule has 2 heterocycles. The van der Waals surface area contributed by atoms with Crippen molar-refractivity contribution >= 4 is 23.4 Å². The molecule has 10 heteroatoms. The molecule has 1 aliphatic heterocycles. The molecule has 0 saturated carbocycles. The Morgan fingerprint density at radius 3 is 2.77 bits per heavy atom. The van der Waals surface area contributed by atoms with Crippen LogP contribution in [0.3, 0.4) is 0 Å². The number of aromatic nitrogens is 1. The van der Waals surface area contributed by atoms with Crippen molar-refractivity contribution < 1.29 is 24.2 Å². The number of aromatic hydroxyl groups is 1. The van der Waals surface area contributed by atoms with Crippen LogP contribution >= 0.6 is 11.6 Å². The highest BCUT2D eigenvalue weighted by Crippen LogP contribution is 2.32. The average molecular weight is 452 g/mol. The molecule has 2 aromatic rings. The minimum absolute atomic E-state index is 0.0416. The molecule has 1 aliphatic rings. The molecule has 1 unspecified atom stereocenters. The van der Waals surface area contributed by atoms with Gasteiger partial charge < -0.3 is 25.0 Å². The number of amides is 2. The number of fused-ring (bicyclic) bond motifs is 1. The maximum atomic E-state index is 14.1. The van der Waals surface area contributed by atoms with E-state index < -0.39 is 40.5 Å². The van der Waals surface area contributed by atoms with Crippen molar-refractivity contribution in [2.24, 2.45) is 0 Å². The van der Waals surface area contributed by atoms with Crippen molar-refractivity contribution in [1.82, 2.24) is 14.8 Å². The number of aliphatic hydroxyl groups excluding tert-OH is 1. The van der Waals surface area contributed by atoms with Gasteiger partial charge in [0.15, 0.2) is 11.4 Å². The number of pyridine rings is 1. The Hall–Kier alpha value is -2.91. The molecule has 1 aromatic carbocycles. The second-order valence-electron chi connectivity index (χ2n) is 7.37. The monoisotopic (exact) mass is 451 g/mol. The Labute approximate surface area is 182 Å². The SMILES string of the molecule is CCCN(C)C(=O)c1c(O)c(=O)c(C(=O)NCc2cccc(Cl)c2F)c2n1CCC2O. The summed E-state index contributed by atoms with van der Waals surface area (Å²) in [6.45, 7) is 2.16. The fraction of sp³-hybridized carbons (Fsp3) is 0.381. The standard InChI is InChI=1S/C21H23ClFN3O5/c1-3-8-25(2)21(31)17-19(29)18(28)14(16-13(27)7-9-26(16)17)20(30)24-10-11-5-4-6-12(22)15(11)23/h4-6,13,27,29H,3,7-10H2,1-2H3,(H,24,30). The first-order chi connectivity index (χ1) is 14.7. The largest absolute Gasteiger partial charge is 0.503 e. The summed E-state index contributed by atoms with van der Waals surface area (Å²) in [7, 11) is 1.54. The summed E-state index contributed by atoms with van der Waals surface area (Å²) >= 11 is 5.74. The molecule has 0 aliphatic carbocycles. The number of rotatable bonds is 6. The van der Waals surface area contributed by atoms with E-state index in [0.29, 0.717) is 13.0 Å². The van der Waals surface area contributed by atoms with E-state index in [9.17, 15) is 29.0 Å². The minimum atomic E-state index is -1.17. The number of aliphatic hydroxyl groups is 1. The zero-order chi connectivity index (χ0) is 22.9. The Kier molecular flexibility index (Phi) is 6.66. The molecule has 1 aromatic heterocycles. The first kappa shape index (κ1) is 22.8. The van der Waals surface area contributed by atoms with Gasteiger partial charge in [0.1, 0.15) is 11.4 Å². The summed E-state index contributed by atoms with van der Waals surface area (Å²) < 4.78 is 15.4. The maximum Gasteiger partial charge on any atom is 0.274 e. The molecule has 2 amide bonds. The summed E-state index contributed by atoms with van der Waals surface area (Å²) in [5, 5.41) is 23.2. The summed E-state index contributed by atoms with van der Waals surface area (Å²) in [4.78, 5) is 39.8. The van der Waals surface area contributed by atoms with Gasteiger partial charge in [0.05, 0.1) is 16.8 Å². The van der Waals surface area contributed by atoms with E-state index in [1.165, 1.54) is 34.7 Å². The lowest BCUT2D eigenvalue weighted by Crippen LogP contribution is -2.36. The Balaban J connectivity index is 2.02. The van der Waals surface area contributed by atoms with Crippen LogP contribution in [0.5, 0.6) is 5.75 Å². The third-order valence-electron chi connectivity index (χ3n) is 5.23. The number of halogens is 2. The normalized spacial score (nSPS) is 14.9. The summed E-state index contributed by atoms with van der Waals surface area (Å²) in [5.41, 5.74) is -1.73. The molecular formula is C21H23ClFN3O5. The molecule has 166 valence electrons. The van der Waals surface area contributed by atoms with E-state index in [1.807, 2.05) is 6.92 Å². The lowest BCUT2D eigenvalue weighted by Gasteiger charge is -2.21. The third kappa shape index (κ3) is 4.15. The van der Waals surface area contributed by atoms with Crippen LogP contribution in [0.2, 0.25) is 5.02 Å². The Morgan fingerprint density at radius 2 is 2.10 bits per heavy atom. The number of hydrogen-bond donors (Lipinski definition) is 3. The smallest absolute Gasteiger partial charge is 0.274 e. The Bertz CT molecular complexity index is 1100. The van der Waals surface area contributed by atoms with Gasteiger partial charge in [-0.05, 0) is 18.9 Å². The molecule has 0 spiro atoms. The lowest BCUT2D eigenvalue weighted by molar-refractivity contribution is 0.0778. The van der Waals surface area contributed by atoms with Crippen LogP contribution in [0.4, 0.5) is 4.39 Å². The fourth-order valence-electron chi connectivity index (χ4n) is 3.70.